The predicted octanol–water partition coefficient (Wildman–Crippen LogP) is 2.90. The number of carboxylic acid groups (broad SMARTS) is 1. The third kappa shape index (κ3) is 4.19. The van der Waals surface area contributed by atoms with E-state index in [1.807, 2.05) is 24.3 Å². The van der Waals surface area contributed by atoms with Crippen molar-refractivity contribution < 1.29 is 23.1 Å². The van der Waals surface area contributed by atoms with E-state index in [2.05, 4.69) is 4.72 Å². The number of ether oxygens (including phenoxy) is 1. The summed E-state index contributed by atoms with van der Waals surface area (Å²) >= 11 is 0. The minimum Gasteiger partial charge on any atom is -0.492 e. The summed E-state index contributed by atoms with van der Waals surface area (Å²) in [5.41, 5.74) is 0.161. The highest BCUT2D eigenvalue weighted by molar-refractivity contribution is 7.89. The van der Waals surface area contributed by atoms with Crippen molar-refractivity contribution in [2.24, 2.45) is 0 Å². The Balaban J connectivity index is 1.58. The van der Waals surface area contributed by atoms with Gasteiger partial charge in [-0.2, -0.15) is 0 Å². The second-order valence-electron chi connectivity index (χ2n) is 5.58. The van der Waals surface area contributed by atoms with Crippen LogP contribution in [0.1, 0.15) is 10.4 Å². The monoisotopic (exact) mass is 371 g/mol. The molecule has 0 aliphatic heterocycles. The van der Waals surface area contributed by atoms with Crippen molar-refractivity contribution in [3.8, 4) is 5.75 Å². The van der Waals surface area contributed by atoms with E-state index in [9.17, 15) is 13.2 Å². The van der Waals surface area contributed by atoms with E-state index in [-0.39, 0.29) is 23.6 Å². The molecule has 134 valence electrons. The first-order valence-electron chi connectivity index (χ1n) is 7.90. The first-order valence-corrected chi connectivity index (χ1v) is 9.39. The van der Waals surface area contributed by atoms with E-state index in [1.54, 1.807) is 18.2 Å². The average Bonchev–Trinajstić information content (AvgIpc) is 2.65. The zero-order valence-corrected chi connectivity index (χ0v) is 14.6. The van der Waals surface area contributed by atoms with Crippen LogP contribution < -0.4 is 9.46 Å². The molecule has 7 heteroatoms. The number of sulfonamides is 1. The Morgan fingerprint density at radius 1 is 0.962 bits per heavy atom. The molecule has 0 spiro atoms. The highest BCUT2D eigenvalue weighted by Crippen LogP contribution is 2.18. The molecule has 0 heterocycles. The quantitative estimate of drug-likeness (QED) is 0.623. The maximum absolute atomic E-state index is 12.4. The molecule has 0 bridgehead atoms. The zero-order valence-electron chi connectivity index (χ0n) is 13.8. The summed E-state index contributed by atoms with van der Waals surface area (Å²) < 4.78 is 32.7. The third-order valence-electron chi connectivity index (χ3n) is 3.80. The fourth-order valence-corrected chi connectivity index (χ4v) is 3.50. The molecular formula is C19H17NO5S. The van der Waals surface area contributed by atoms with Crippen LogP contribution in [0.4, 0.5) is 0 Å². The smallest absolute Gasteiger partial charge is 0.335 e. The highest BCUT2D eigenvalue weighted by atomic mass is 32.2. The Kier molecular flexibility index (Phi) is 5.20. The number of aromatic carboxylic acids is 1. The SMILES string of the molecule is O=C(O)c1ccc(OCCNS(=O)(=O)c2ccc3ccccc3c2)cc1. The van der Waals surface area contributed by atoms with Crippen molar-refractivity contribution in [3.63, 3.8) is 0 Å². The summed E-state index contributed by atoms with van der Waals surface area (Å²) in [6, 6.07) is 18.4. The number of nitrogens with one attached hydrogen (secondary N) is 1. The van der Waals surface area contributed by atoms with Gasteiger partial charge in [0.05, 0.1) is 10.5 Å². The number of hydrogen-bond donors (Lipinski definition) is 2. The standard InChI is InChI=1S/C19H17NO5S/c21-19(22)15-5-8-17(9-6-15)25-12-11-20-26(23,24)18-10-7-14-3-1-2-4-16(14)13-18/h1-10,13,20H,11-12H2,(H,21,22). The fraction of sp³-hybridized carbons (Fsp3) is 0.105. The molecule has 3 aromatic rings. The molecule has 3 aromatic carbocycles. The van der Waals surface area contributed by atoms with E-state index < -0.39 is 16.0 Å². The Hall–Kier alpha value is -2.90. The molecule has 6 nitrogen and oxygen atoms in total. The Bertz CT molecular complexity index is 1030. The van der Waals surface area contributed by atoms with Gasteiger partial charge in [0.25, 0.3) is 0 Å². The topological polar surface area (TPSA) is 92.7 Å². The molecule has 0 saturated heterocycles. The lowest BCUT2D eigenvalue weighted by Gasteiger charge is -2.09. The molecule has 0 aromatic heterocycles. The number of fused-ring (bicyclic) bond motifs is 1. The van der Waals surface area contributed by atoms with Gasteiger partial charge in [0, 0.05) is 6.54 Å². The first kappa shape index (κ1) is 17.9. The Morgan fingerprint density at radius 3 is 2.35 bits per heavy atom. The van der Waals surface area contributed by atoms with Crippen LogP contribution in [-0.4, -0.2) is 32.6 Å². The van der Waals surface area contributed by atoms with E-state index >= 15 is 0 Å². The second-order valence-corrected chi connectivity index (χ2v) is 7.35. The number of rotatable bonds is 7. The van der Waals surface area contributed by atoms with E-state index in [0.717, 1.165) is 10.8 Å². The van der Waals surface area contributed by atoms with E-state index in [0.29, 0.717) is 5.75 Å². The molecule has 0 amide bonds. The van der Waals surface area contributed by atoms with Crippen LogP contribution in [0.5, 0.6) is 5.75 Å². The molecular weight excluding hydrogens is 354 g/mol. The molecule has 3 rings (SSSR count). The van der Waals surface area contributed by atoms with Gasteiger partial charge in [-0.05, 0) is 47.2 Å². The van der Waals surface area contributed by atoms with Crippen molar-refractivity contribution in [2.45, 2.75) is 4.90 Å². The van der Waals surface area contributed by atoms with Gasteiger partial charge in [0.2, 0.25) is 10.0 Å². The molecule has 0 unspecified atom stereocenters. The second kappa shape index (κ2) is 7.55. The van der Waals surface area contributed by atoms with Crippen molar-refractivity contribution >= 4 is 26.8 Å². The molecule has 0 aliphatic carbocycles. The van der Waals surface area contributed by atoms with E-state index in [4.69, 9.17) is 9.84 Å². The summed E-state index contributed by atoms with van der Waals surface area (Å²) in [5.74, 6) is -0.542. The van der Waals surface area contributed by atoms with Gasteiger partial charge in [-0.1, -0.05) is 30.3 Å². The normalized spacial score (nSPS) is 11.4. The molecule has 0 saturated carbocycles. The van der Waals surface area contributed by atoms with Gasteiger partial charge in [-0.15, -0.1) is 0 Å². The molecule has 0 atom stereocenters. The summed E-state index contributed by atoms with van der Waals surface area (Å²) in [5, 5.41) is 10.7. The number of benzene rings is 3. The maximum atomic E-state index is 12.4. The van der Waals surface area contributed by atoms with Crippen LogP contribution in [-0.2, 0) is 10.0 Å². The lowest BCUT2D eigenvalue weighted by molar-refractivity contribution is 0.0697. The lowest BCUT2D eigenvalue weighted by Crippen LogP contribution is -2.28. The van der Waals surface area contributed by atoms with Crippen molar-refractivity contribution in [3.05, 3.63) is 72.3 Å². The van der Waals surface area contributed by atoms with Crippen LogP contribution >= 0.6 is 0 Å². The predicted molar refractivity (Wildman–Crippen MR) is 98.0 cm³/mol. The van der Waals surface area contributed by atoms with Crippen LogP contribution in [0.3, 0.4) is 0 Å². The van der Waals surface area contributed by atoms with E-state index in [1.165, 1.54) is 24.3 Å². The molecule has 26 heavy (non-hydrogen) atoms. The Morgan fingerprint density at radius 2 is 1.65 bits per heavy atom. The van der Waals surface area contributed by atoms with Gasteiger partial charge in [0.15, 0.2) is 0 Å². The van der Waals surface area contributed by atoms with Crippen molar-refractivity contribution in [1.82, 2.24) is 4.72 Å². The first-order chi connectivity index (χ1) is 12.5. The van der Waals surface area contributed by atoms with Crippen LogP contribution in [0.25, 0.3) is 10.8 Å². The van der Waals surface area contributed by atoms with Crippen LogP contribution in [0.2, 0.25) is 0 Å². The molecule has 2 N–H and O–H groups in total. The minimum atomic E-state index is -3.63. The summed E-state index contributed by atoms with van der Waals surface area (Å²) in [6.45, 7) is 0.217. The largest absolute Gasteiger partial charge is 0.492 e. The number of carboxylic acids is 1. The summed E-state index contributed by atoms with van der Waals surface area (Å²) in [4.78, 5) is 11.0. The van der Waals surface area contributed by atoms with Gasteiger partial charge in [-0.25, -0.2) is 17.9 Å². The van der Waals surface area contributed by atoms with Crippen LogP contribution in [0.15, 0.2) is 71.6 Å². The number of hydrogen-bond acceptors (Lipinski definition) is 4. The number of carbonyl (C=O) groups is 1. The van der Waals surface area contributed by atoms with Gasteiger partial charge >= 0.3 is 5.97 Å². The van der Waals surface area contributed by atoms with Crippen molar-refractivity contribution in [1.29, 1.82) is 0 Å². The molecule has 0 fully saturated rings. The lowest BCUT2D eigenvalue weighted by atomic mass is 10.1. The highest BCUT2D eigenvalue weighted by Gasteiger charge is 2.13. The van der Waals surface area contributed by atoms with Gasteiger partial charge < -0.3 is 9.84 Å². The third-order valence-corrected chi connectivity index (χ3v) is 5.25. The zero-order chi connectivity index (χ0) is 18.6. The maximum Gasteiger partial charge on any atom is 0.335 e. The van der Waals surface area contributed by atoms with Crippen molar-refractivity contribution in [2.75, 3.05) is 13.2 Å². The molecule has 0 radical (unpaired) electrons. The Labute approximate surface area is 151 Å². The average molecular weight is 371 g/mol. The summed E-state index contributed by atoms with van der Waals surface area (Å²) in [6.07, 6.45) is 0. The summed E-state index contributed by atoms with van der Waals surface area (Å²) in [7, 11) is -3.63. The fourth-order valence-electron chi connectivity index (χ4n) is 2.46. The molecule has 0 aliphatic rings. The minimum absolute atomic E-state index is 0.0931. The van der Waals surface area contributed by atoms with Gasteiger partial charge in [-0.3, -0.25) is 0 Å². The van der Waals surface area contributed by atoms with Gasteiger partial charge in [0.1, 0.15) is 12.4 Å². The van der Waals surface area contributed by atoms with Crippen LogP contribution in [0, 0.1) is 0 Å².